The van der Waals surface area contributed by atoms with Crippen molar-refractivity contribution >= 4 is 38.9 Å². The molecule has 1 saturated carbocycles. The van der Waals surface area contributed by atoms with Crippen molar-refractivity contribution in [1.82, 2.24) is 4.31 Å². The van der Waals surface area contributed by atoms with Gasteiger partial charge in [0, 0.05) is 56.1 Å². The summed E-state index contributed by atoms with van der Waals surface area (Å²) in [7, 11) is -0.000284. The number of halogens is 1. The van der Waals surface area contributed by atoms with Crippen LogP contribution in [0.5, 0.6) is 0 Å². The first-order chi connectivity index (χ1) is 15.7. The lowest BCUT2D eigenvalue weighted by atomic mass is 10.1. The highest BCUT2D eigenvalue weighted by atomic mass is 35.5. The highest BCUT2D eigenvalue weighted by molar-refractivity contribution is 7.89. The quantitative estimate of drug-likeness (QED) is 0.570. The summed E-state index contributed by atoms with van der Waals surface area (Å²) in [5.41, 5.74) is 2.36. The molecule has 4 rings (SSSR count). The summed E-state index contributed by atoms with van der Waals surface area (Å²) in [6, 6.07) is 12.0. The second-order valence-corrected chi connectivity index (χ2v) is 11.3. The Kier molecular flexibility index (Phi) is 7.28. The third-order valence-electron chi connectivity index (χ3n) is 5.99. The van der Waals surface area contributed by atoms with Crippen LogP contribution in [0, 0.1) is 5.92 Å². The first-order valence-electron chi connectivity index (χ1n) is 11.2. The molecule has 0 radical (unpaired) electrons. The van der Waals surface area contributed by atoms with Crippen LogP contribution in [-0.4, -0.2) is 52.0 Å². The van der Waals surface area contributed by atoms with E-state index in [1.807, 2.05) is 37.2 Å². The maximum absolute atomic E-state index is 13.6. The number of carbonyl (C=O) groups is 1. The van der Waals surface area contributed by atoms with Gasteiger partial charge in [-0.2, -0.15) is 4.31 Å². The molecule has 178 valence electrons. The van der Waals surface area contributed by atoms with Crippen LogP contribution >= 0.6 is 11.6 Å². The number of hydrogen-bond donors (Lipinski definition) is 1. The largest absolute Gasteiger partial charge is 0.377 e. The summed E-state index contributed by atoms with van der Waals surface area (Å²) in [5, 5.41) is 3.33. The highest BCUT2D eigenvalue weighted by Crippen LogP contribution is 2.32. The normalized spacial score (nSPS) is 18.5. The van der Waals surface area contributed by atoms with Crippen LogP contribution < -0.4 is 10.2 Å². The molecule has 0 unspecified atom stereocenters. The predicted octanol–water partition coefficient (Wildman–Crippen LogP) is 4.12. The Labute approximate surface area is 200 Å². The molecule has 1 heterocycles. The van der Waals surface area contributed by atoms with E-state index in [1.54, 1.807) is 18.2 Å². The molecule has 1 aliphatic heterocycles. The summed E-state index contributed by atoms with van der Waals surface area (Å²) >= 11 is 6.10. The number of hydrogen-bond acceptors (Lipinski definition) is 5. The topological polar surface area (TPSA) is 79.0 Å². The Morgan fingerprint density at radius 3 is 2.58 bits per heavy atom. The van der Waals surface area contributed by atoms with Gasteiger partial charge in [-0.15, -0.1) is 0 Å². The van der Waals surface area contributed by atoms with Crippen LogP contribution in [0.3, 0.4) is 0 Å². The third kappa shape index (κ3) is 5.87. The van der Waals surface area contributed by atoms with E-state index in [0.717, 1.165) is 36.9 Å². The summed E-state index contributed by atoms with van der Waals surface area (Å²) in [6.45, 7) is 1.04. The number of benzene rings is 2. The fourth-order valence-corrected chi connectivity index (χ4v) is 5.80. The van der Waals surface area contributed by atoms with Gasteiger partial charge in [-0.3, -0.25) is 4.79 Å². The van der Waals surface area contributed by atoms with Gasteiger partial charge in [0.25, 0.3) is 0 Å². The smallest absolute Gasteiger partial charge is 0.243 e. The van der Waals surface area contributed by atoms with Crippen LogP contribution in [0.25, 0.3) is 0 Å². The Balaban J connectivity index is 1.67. The van der Waals surface area contributed by atoms with Gasteiger partial charge in [-0.1, -0.05) is 17.7 Å². The van der Waals surface area contributed by atoms with Gasteiger partial charge in [0.1, 0.15) is 0 Å². The van der Waals surface area contributed by atoms with Gasteiger partial charge in [-0.25, -0.2) is 8.42 Å². The van der Waals surface area contributed by atoms with Crippen molar-refractivity contribution in [3.63, 3.8) is 0 Å². The number of nitrogens with zero attached hydrogens (tertiary/aromatic N) is 2. The Bertz CT molecular complexity index is 1110. The van der Waals surface area contributed by atoms with Crippen molar-refractivity contribution < 1.29 is 17.9 Å². The SMILES string of the molecule is CN(C)c1ccc(NC(=O)C2CC2)cc1CN(C[C@H]1CCCO1)S(=O)(=O)c1cccc(Cl)c1. The molecule has 0 bridgehead atoms. The zero-order valence-electron chi connectivity index (χ0n) is 19.0. The second-order valence-electron chi connectivity index (χ2n) is 8.89. The van der Waals surface area contributed by atoms with Gasteiger partial charge < -0.3 is 15.0 Å². The van der Waals surface area contributed by atoms with Crippen molar-refractivity contribution in [1.29, 1.82) is 0 Å². The summed E-state index contributed by atoms with van der Waals surface area (Å²) in [4.78, 5) is 14.4. The molecule has 0 spiro atoms. The number of carbonyl (C=O) groups excluding carboxylic acids is 1. The van der Waals surface area contributed by atoms with Crippen LogP contribution in [-0.2, 0) is 26.1 Å². The minimum atomic E-state index is -3.83. The van der Waals surface area contributed by atoms with Crippen molar-refractivity contribution in [2.45, 2.75) is 43.2 Å². The molecule has 7 nitrogen and oxygen atoms in total. The fraction of sp³-hybridized carbons (Fsp3) is 0.458. The summed E-state index contributed by atoms with van der Waals surface area (Å²) in [5.74, 6) is 0.0995. The van der Waals surface area contributed by atoms with Crippen molar-refractivity contribution in [2.24, 2.45) is 5.92 Å². The van der Waals surface area contributed by atoms with Gasteiger partial charge in [0.15, 0.2) is 0 Å². The van der Waals surface area contributed by atoms with E-state index in [-0.39, 0.29) is 35.9 Å². The minimum Gasteiger partial charge on any atom is -0.377 e. The number of amides is 1. The zero-order chi connectivity index (χ0) is 23.6. The summed E-state index contributed by atoms with van der Waals surface area (Å²) in [6.07, 6.45) is 3.42. The van der Waals surface area contributed by atoms with Crippen LogP contribution in [0.1, 0.15) is 31.2 Å². The first-order valence-corrected chi connectivity index (χ1v) is 13.0. The number of nitrogens with one attached hydrogen (secondary N) is 1. The molecule has 33 heavy (non-hydrogen) atoms. The van der Waals surface area contributed by atoms with Crippen LogP contribution in [0.15, 0.2) is 47.4 Å². The van der Waals surface area contributed by atoms with E-state index < -0.39 is 10.0 Å². The standard InChI is InChI=1S/C24H30ClN3O4S/c1-27(2)23-11-10-20(26-24(29)17-8-9-17)13-18(23)15-28(16-21-6-4-12-32-21)33(30,31)22-7-3-5-19(25)14-22/h3,5,7,10-11,13-14,17,21H,4,6,8-9,12,15-16H2,1-2H3,(H,26,29)/t21-/m1/s1. The molecular formula is C24H30ClN3O4S. The van der Waals surface area contributed by atoms with Crippen LogP contribution in [0.2, 0.25) is 5.02 Å². The lowest BCUT2D eigenvalue weighted by molar-refractivity contribution is -0.117. The molecule has 2 aliphatic rings. The van der Waals surface area contributed by atoms with Crippen LogP contribution in [0.4, 0.5) is 11.4 Å². The Hall–Kier alpha value is -2.13. The molecule has 2 aromatic rings. The van der Waals surface area contributed by atoms with Gasteiger partial charge in [0.05, 0.1) is 11.0 Å². The second kappa shape index (κ2) is 10.0. The predicted molar refractivity (Wildman–Crippen MR) is 130 cm³/mol. The molecule has 0 aromatic heterocycles. The minimum absolute atomic E-state index is 0.0151. The average molecular weight is 492 g/mol. The van der Waals surface area contributed by atoms with Gasteiger partial charge >= 0.3 is 0 Å². The lowest BCUT2D eigenvalue weighted by Gasteiger charge is -2.27. The van der Waals surface area contributed by atoms with E-state index in [9.17, 15) is 13.2 Å². The molecule has 2 fully saturated rings. The average Bonchev–Trinajstić information content (AvgIpc) is 3.50. The Morgan fingerprint density at radius 1 is 1.15 bits per heavy atom. The van der Waals surface area contributed by atoms with Gasteiger partial charge in [0.2, 0.25) is 15.9 Å². The monoisotopic (exact) mass is 491 g/mol. The van der Waals surface area contributed by atoms with Crippen molar-refractivity contribution in [2.75, 3.05) is 37.5 Å². The Morgan fingerprint density at radius 2 is 1.94 bits per heavy atom. The molecule has 1 amide bonds. The molecule has 9 heteroatoms. The number of ether oxygens (including phenoxy) is 1. The molecule has 1 N–H and O–H groups in total. The van der Waals surface area contributed by atoms with E-state index in [0.29, 0.717) is 17.3 Å². The highest BCUT2D eigenvalue weighted by Gasteiger charge is 2.31. The number of rotatable bonds is 9. The lowest BCUT2D eigenvalue weighted by Crippen LogP contribution is -2.37. The number of anilines is 2. The van der Waals surface area contributed by atoms with E-state index in [4.69, 9.17) is 16.3 Å². The zero-order valence-corrected chi connectivity index (χ0v) is 20.5. The molecule has 1 aliphatic carbocycles. The first kappa shape index (κ1) is 24.0. The fourth-order valence-electron chi connectivity index (χ4n) is 4.05. The van der Waals surface area contributed by atoms with E-state index in [2.05, 4.69) is 5.32 Å². The molecule has 2 aromatic carbocycles. The molecular weight excluding hydrogens is 462 g/mol. The van der Waals surface area contributed by atoms with Gasteiger partial charge in [-0.05, 0) is 67.6 Å². The maximum atomic E-state index is 13.6. The third-order valence-corrected chi connectivity index (χ3v) is 8.03. The van der Waals surface area contributed by atoms with Crippen molar-refractivity contribution in [3.8, 4) is 0 Å². The molecule has 1 atom stereocenters. The molecule has 1 saturated heterocycles. The number of sulfonamides is 1. The van der Waals surface area contributed by atoms with E-state index in [1.165, 1.54) is 10.4 Å². The van der Waals surface area contributed by atoms with Crippen molar-refractivity contribution in [3.05, 3.63) is 53.1 Å². The van der Waals surface area contributed by atoms with E-state index >= 15 is 0 Å². The summed E-state index contributed by atoms with van der Waals surface area (Å²) < 4.78 is 34.5. The maximum Gasteiger partial charge on any atom is 0.243 e.